The van der Waals surface area contributed by atoms with Crippen molar-refractivity contribution in [3.8, 4) is 0 Å². The van der Waals surface area contributed by atoms with E-state index in [9.17, 15) is 8.78 Å². The molecule has 19 heavy (non-hydrogen) atoms. The lowest BCUT2D eigenvalue weighted by Crippen LogP contribution is -2.26. The number of nitrogens with one attached hydrogen (secondary N) is 1. The molecule has 0 spiro atoms. The number of hydrogen-bond donors (Lipinski definition) is 1. The van der Waals surface area contributed by atoms with Crippen LogP contribution < -0.4 is 5.32 Å². The monoisotopic (exact) mass is 267 g/mol. The minimum absolute atomic E-state index is 0.456. The minimum atomic E-state index is -0.515. The van der Waals surface area contributed by atoms with E-state index in [1.54, 1.807) is 0 Å². The van der Waals surface area contributed by atoms with Crippen LogP contribution in [0.4, 0.5) is 8.78 Å². The van der Waals surface area contributed by atoms with Crippen molar-refractivity contribution in [1.82, 2.24) is 5.32 Å². The number of rotatable bonds is 5. The zero-order chi connectivity index (χ0) is 13.7. The van der Waals surface area contributed by atoms with E-state index in [4.69, 9.17) is 0 Å². The molecule has 0 radical (unpaired) electrons. The fourth-order valence-corrected chi connectivity index (χ4v) is 2.92. The van der Waals surface area contributed by atoms with Gasteiger partial charge in [-0.3, -0.25) is 0 Å². The van der Waals surface area contributed by atoms with Crippen LogP contribution in [-0.4, -0.2) is 6.54 Å². The van der Waals surface area contributed by atoms with Gasteiger partial charge in [-0.1, -0.05) is 32.3 Å². The van der Waals surface area contributed by atoms with Gasteiger partial charge in [-0.25, -0.2) is 8.78 Å². The molecule has 1 aromatic carbocycles. The van der Waals surface area contributed by atoms with Gasteiger partial charge in [-0.05, 0) is 37.3 Å². The van der Waals surface area contributed by atoms with Crippen LogP contribution >= 0.6 is 0 Å². The van der Waals surface area contributed by atoms with E-state index in [1.807, 2.05) is 0 Å². The summed E-state index contributed by atoms with van der Waals surface area (Å²) in [6.07, 6.45) is 6.50. The molecule has 1 aliphatic carbocycles. The Morgan fingerprint density at radius 1 is 1.11 bits per heavy atom. The van der Waals surface area contributed by atoms with Gasteiger partial charge < -0.3 is 5.32 Å². The summed E-state index contributed by atoms with van der Waals surface area (Å²) in [6, 6.07) is 3.78. The van der Waals surface area contributed by atoms with Crippen molar-refractivity contribution >= 4 is 0 Å². The van der Waals surface area contributed by atoms with Crippen molar-refractivity contribution in [2.24, 2.45) is 11.8 Å². The molecule has 0 amide bonds. The van der Waals surface area contributed by atoms with E-state index < -0.39 is 11.6 Å². The van der Waals surface area contributed by atoms with Gasteiger partial charge in [0.05, 0.1) is 0 Å². The lowest BCUT2D eigenvalue weighted by atomic mass is 9.81. The van der Waals surface area contributed by atoms with Crippen LogP contribution in [0.15, 0.2) is 18.2 Å². The van der Waals surface area contributed by atoms with Gasteiger partial charge in [-0.2, -0.15) is 0 Å². The maximum Gasteiger partial charge on any atom is 0.130 e. The Kier molecular flexibility index (Phi) is 5.32. The highest BCUT2D eigenvalue weighted by atomic mass is 19.1. The average molecular weight is 267 g/mol. The second-order valence-corrected chi connectivity index (χ2v) is 5.66. The predicted molar refractivity (Wildman–Crippen MR) is 73.8 cm³/mol. The van der Waals surface area contributed by atoms with Crippen LogP contribution in [-0.2, 0) is 6.54 Å². The molecule has 1 N–H and O–H groups in total. The normalized spacial score (nSPS) is 23.5. The Hall–Kier alpha value is -0.960. The third kappa shape index (κ3) is 4.27. The highest BCUT2D eigenvalue weighted by Crippen LogP contribution is 2.30. The van der Waals surface area contributed by atoms with Crippen LogP contribution in [0.1, 0.15) is 44.6 Å². The first kappa shape index (κ1) is 14.4. The largest absolute Gasteiger partial charge is 0.312 e. The highest BCUT2D eigenvalue weighted by Gasteiger charge is 2.19. The second-order valence-electron chi connectivity index (χ2n) is 5.66. The smallest absolute Gasteiger partial charge is 0.130 e. The quantitative estimate of drug-likeness (QED) is 0.840. The van der Waals surface area contributed by atoms with E-state index in [0.29, 0.717) is 18.0 Å². The topological polar surface area (TPSA) is 12.0 Å². The molecule has 0 heterocycles. The molecule has 2 rings (SSSR count). The summed E-state index contributed by atoms with van der Waals surface area (Å²) in [5, 5.41) is 3.30. The van der Waals surface area contributed by atoms with Crippen molar-refractivity contribution in [3.05, 3.63) is 35.4 Å². The minimum Gasteiger partial charge on any atom is -0.312 e. The summed E-state index contributed by atoms with van der Waals surface area (Å²) < 4.78 is 26.2. The summed E-state index contributed by atoms with van der Waals surface area (Å²) in [5.41, 5.74) is 0.545. The molecule has 1 saturated carbocycles. The van der Waals surface area contributed by atoms with Gasteiger partial charge in [0.15, 0.2) is 0 Å². The van der Waals surface area contributed by atoms with Gasteiger partial charge in [0.1, 0.15) is 11.6 Å². The fourth-order valence-electron chi connectivity index (χ4n) is 2.92. The summed E-state index contributed by atoms with van der Waals surface area (Å²) in [7, 11) is 0. The summed E-state index contributed by atoms with van der Waals surface area (Å²) in [4.78, 5) is 0. The molecular weight excluding hydrogens is 244 g/mol. The number of halogens is 2. The lowest BCUT2D eigenvalue weighted by molar-refractivity contribution is 0.262. The molecule has 0 unspecified atom stereocenters. The predicted octanol–water partition coefficient (Wildman–Crippen LogP) is 4.27. The molecule has 1 fully saturated rings. The van der Waals surface area contributed by atoms with Gasteiger partial charge in [-0.15, -0.1) is 0 Å². The van der Waals surface area contributed by atoms with E-state index in [2.05, 4.69) is 12.2 Å². The Labute approximate surface area is 114 Å². The van der Waals surface area contributed by atoms with E-state index in [1.165, 1.54) is 44.2 Å². The molecule has 3 heteroatoms. The molecular formula is C16H23F2N. The molecule has 106 valence electrons. The Morgan fingerprint density at radius 3 is 2.42 bits per heavy atom. The van der Waals surface area contributed by atoms with Crippen molar-refractivity contribution in [3.63, 3.8) is 0 Å². The SMILES string of the molecule is CCC1CCC(CNCc2ccc(F)cc2F)CC1. The third-order valence-electron chi connectivity index (χ3n) is 4.31. The third-order valence-corrected chi connectivity index (χ3v) is 4.31. The average Bonchev–Trinajstić information content (AvgIpc) is 2.42. The molecule has 0 saturated heterocycles. The fraction of sp³-hybridized carbons (Fsp3) is 0.625. The number of hydrogen-bond acceptors (Lipinski definition) is 1. The van der Waals surface area contributed by atoms with Gasteiger partial charge in [0, 0.05) is 18.2 Å². The standard InChI is InChI=1S/C16H23F2N/c1-2-12-3-5-13(6-4-12)10-19-11-14-7-8-15(17)9-16(14)18/h7-9,12-13,19H,2-6,10-11H2,1H3. The zero-order valence-electron chi connectivity index (χ0n) is 11.6. The summed E-state index contributed by atoms with van der Waals surface area (Å²) in [5.74, 6) is 0.651. The van der Waals surface area contributed by atoms with Crippen LogP contribution in [0.5, 0.6) is 0 Å². The molecule has 1 nitrogen and oxygen atoms in total. The maximum absolute atomic E-state index is 13.4. The van der Waals surface area contributed by atoms with Crippen molar-refractivity contribution in [2.75, 3.05) is 6.54 Å². The van der Waals surface area contributed by atoms with Crippen LogP contribution in [0, 0.1) is 23.5 Å². The summed E-state index contributed by atoms with van der Waals surface area (Å²) in [6.45, 7) is 3.69. The zero-order valence-corrected chi connectivity index (χ0v) is 11.6. The van der Waals surface area contributed by atoms with Gasteiger partial charge in [0.2, 0.25) is 0 Å². The first-order valence-electron chi connectivity index (χ1n) is 7.33. The van der Waals surface area contributed by atoms with Crippen LogP contribution in [0.25, 0.3) is 0 Å². The van der Waals surface area contributed by atoms with Crippen molar-refractivity contribution < 1.29 is 8.78 Å². The molecule has 0 aliphatic heterocycles. The van der Waals surface area contributed by atoms with Crippen molar-refractivity contribution in [2.45, 2.75) is 45.6 Å². The Balaban J connectivity index is 1.72. The first-order chi connectivity index (χ1) is 9.19. The van der Waals surface area contributed by atoms with Crippen molar-refractivity contribution in [1.29, 1.82) is 0 Å². The molecule has 1 aliphatic rings. The van der Waals surface area contributed by atoms with Gasteiger partial charge in [0.25, 0.3) is 0 Å². The Morgan fingerprint density at radius 2 is 1.79 bits per heavy atom. The van der Waals surface area contributed by atoms with E-state index in [0.717, 1.165) is 18.5 Å². The molecule has 0 aromatic heterocycles. The molecule has 0 bridgehead atoms. The van der Waals surface area contributed by atoms with Crippen LogP contribution in [0.2, 0.25) is 0 Å². The lowest BCUT2D eigenvalue weighted by Gasteiger charge is -2.27. The number of benzene rings is 1. The maximum atomic E-state index is 13.4. The second kappa shape index (κ2) is 6.99. The summed E-state index contributed by atoms with van der Waals surface area (Å²) >= 11 is 0. The van der Waals surface area contributed by atoms with Gasteiger partial charge >= 0.3 is 0 Å². The Bertz CT molecular complexity index is 398. The molecule has 0 atom stereocenters. The van der Waals surface area contributed by atoms with E-state index >= 15 is 0 Å². The highest BCUT2D eigenvalue weighted by molar-refractivity contribution is 5.18. The first-order valence-corrected chi connectivity index (χ1v) is 7.33. The van der Waals surface area contributed by atoms with Crippen LogP contribution in [0.3, 0.4) is 0 Å². The molecule has 1 aromatic rings. The van der Waals surface area contributed by atoms with E-state index in [-0.39, 0.29) is 0 Å².